The lowest BCUT2D eigenvalue weighted by Crippen LogP contribution is -2.08. The molecule has 0 fully saturated rings. The number of fused-ring (bicyclic) bond motifs is 4. The summed E-state index contributed by atoms with van der Waals surface area (Å²) in [5.41, 5.74) is 3.82. The molecule has 1 nitrogen and oxygen atoms in total. The molecule has 0 aliphatic heterocycles. The Morgan fingerprint density at radius 2 is 1.39 bits per heavy atom. The molecule has 1 heteroatoms. The fourth-order valence-corrected chi connectivity index (χ4v) is 6.04. The van der Waals surface area contributed by atoms with Gasteiger partial charge in [-0.2, -0.15) is 0 Å². The van der Waals surface area contributed by atoms with Crippen LogP contribution in [0.15, 0.2) is 73.3 Å². The van der Waals surface area contributed by atoms with Gasteiger partial charge in [-0.3, -0.25) is 0 Å². The van der Waals surface area contributed by atoms with Crippen LogP contribution in [0, 0.1) is 0 Å². The maximum absolute atomic E-state index is 4.22. The number of benzene rings is 5. The lowest BCUT2D eigenvalue weighted by atomic mass is 9.89. The smallest absolute Gasteiger partial charge is 0.0500 e. The third-order valence-electron chi connectivity index (χ3n) is 7.52. The summed E-state index contributed by atoms with van der Waals surface area (Å²) in [6, 6.07) is 23.3. The predicted octanol–water partition coefficient (Wildman–Crippen LogP) is 9.73. The molecule has 0 spiro atoms. The van der Waals surface area contributed by atoms with Crippen LogP contribution in [-0.4, -0.2) is 4.57 Å². The molecule has 0 aliphatic rings. The Morgan fingerprint density at radius 1 is 0.788 bits per heavy atom. The Bertz CT molecular complexity index is 1710. The highest BCUT2D eigenvalue weighted by Gasteiger charge is 2.21. The number of rotatable bonds is 5. The molecule has 0 bridgehead atoms. The zero-order chi connectivity index (χ0) is 22.7. The first-order valence-electron chi connectivity index (χ1n) is 12.1. The molecule has 0 saturated carbocycles. The first-order valence-corrected chi connectivity index (χ1v) is 12.1. The largest absolute Gasteiger partial charge is 0.337 e. The number of hydrogen-bond acceptors (Lipinski definition) is 0. The van der Waals surface area contributed by atoms with E-state index in [9.17, 15) is 0 Å². The van der Waals surface area contributed by atoms with Gasteiger partial charge in [-0.05, 0) is 81.1 Å². The molecule has 5 aromatic carbocycles. The minimum atomic E-state index is 0.459. The van der Waals surface area contributed by atoms with Crippen molar-refractivity contribution in [3.8, 4) is 0 Å². The van der Waals surface area contributed by atoms with Crippen LogP contribution in [0.3, 0.4) is 0 Å². The first kappa shape index (κ1) is 20.1. The van der Waals surface area contributed by atoms with Gasteiger partial charge in [0.25, 0.3) is 0 Å². The topological polar surface area (TPSA) is 4.93 Å². The zero-order valence-corrected chi connectivity index (χ0v) is 19.7. The van der Waals surface area contributed by atoms with Gasteiger partial charge < -0.3 is 4.57 Å². The summed E-state index contributed by atoms with van der Waals surface area (Å²) >= 11 is 0. The summed E-state index contributed by atoms with van der Waals surface area (Å²) < 4.78 is 2.56. The number of aromatic nitrogens is 1. The summed E-state index contributed by atoms with van der Waals surface area (Å²) in [5, 5.41) is 12.0. The molecule has 6 aromatic rings. The van der Waals surface area contributed by atoms with E-state index in [1.807, 2.05) is 6.08 Å². The molecule has 0 radical (unpaired) electrons. The van der Waals surface area contributed by atoms with E-state index in [0.717, 1.165) is 12.8 Å². The molecule has 1 aromatic heterocycles. The minimum Gasteiger partial charge on any atom is -0.337 e. The van der Waals surface area contributed by atoms with Crippen LogP contribution in [0.25, 0.3) is 66.1 Å². The van der Waals surface area contributed by atoms with E-state index in [-0.39, 0.29) is 0 Å². The molecule has 0 atom stereocenters. The van der Waals surface area contributed by atoms with Gasteiger partial charge in [-0.1, -0.05) is 81.1 Å². The van der Waals surface area contributed by atoms with Crippen molar-refractivity contribution in [3.05, 3.63) is 84.6 Å². The third kappa shape index (κ3) is 2.66. The van der Waals surface area contributed by atoms with Crippen LogP contribution < -0.4 is 0 Å². The maximum Gasteiger partial charge on any atom is 0.0500 e. The van der Waals surface area contributed by atoms with Crippen molar-refractivity contribution in [3.63, 3.8) is 0 Å². The Morgan fingerprint density at radius 3 is 1.94 bits per heavy atom. The Balaban J connectivity index is 1.91. The van der Waals surface area contributed by atoms with E-state index in [1.54, 1.807) is 0 Å². The fraction of sp³-hybridized carbons (Fsp3) is 0.188. The van der Waals surface area contributed by atoms with Crippen molar-refractivity contribution in [2.75, 3.05) is 0 Å². The highest BCUT2D eigenvalue weighted by molar-refractivity contribution is 6.34. The van der Waals surface area contributed by atoms with Crippen molar-refractivity contribution in [1.29, 1.82) is 0 Å². The van der Waals surface area contributed by atoms with Crippen LogP contribution in [-0.2, 0) is 0 Å². The van der Waals surface area contributed by atoms with Crippen molar-refractivity contribution in [2.45, 2.75) is 39.7 Å². The Labute approximate surface area is 195 Å². The molecule has 1 heterocycles. The molecule has 162 valence electrons. The second-order valence-electron chi connectivity index (χ2n) is 9.13. The van der Waals surface area contributed by atoms with Crippen LogP contribution in [0.2, 0.25) is 0 Å². The van der Waals surface area contributed by atoms with Gasteiger partial charge >= 0.3 is 0 Å². The molecule has 0 saturated heterocycles. The van der Waals surface area contributed by atoms with E-state index in [2.05, 4.69) is 105 Å². The van der Waals surface area contributed by atoms with E-state index in [1.165, 1.54) is 65.3 Å². The van der Waals surface area contributed by atoms with Gasteiger partial charge in [-0.25, -0.2) is 0 Å². The van der Waals surface area contributed by atoms with Crippen LogP contribution in [0.1, 0.15) is 50.9 Å². The Kier molecular flexibility index (Phi) is 4.55. The predicted molar refractivity (Wildman–Crippen MR) is 148 cm³/mol. The molecule has 0 aliphatic carbocycles. The normalized spacial score (nSPS) is 12.6. The summed E-state index contributed by atoms with van der Waals surface area (Å²) in [6.07, 6.45) is 8.66. The highest BCUT2D eigenvalue weighted by Crippen LogP contribution is 2.44. The third-order valence-corrected chi connectivity index (χ3v) is 7.52. The molecule has 0 amide bonds. The van der Waals surface area contributed by atoms with Gasteiger partial charge in [0, 0.05) is 22.7 Å². The van der Waals surface area contributed by atoms with Crippen LogP contribution >= 0.6 is 0 Å². The minimum absolute atomic E-state index is 0.459. The van der Waals surface area contributed by atoms with Gasteiger partial charge in [0.1, 0.15) is 0 Å². The van der Waals surface area contributed by atoms with Gasteiger partial charge in [-0.15, -0.1) is 0 Å². The monoisotopic (exact) mass is 427 g/mol. The van der Waals surface area contributed by atoms with Crippen LogP contribution in [0.5, 0.6) is 0 Å². The second kappa shape index (κ2) is 7.49. The summed E-state index contributed by atoms with van der Waals surface area (Å²) in [7, 11) is 0. The summed E-state index contributed by atoms with van der Waals surface area (Å²) in [5.74, 6) is 0. The van der Waals surface area contributed by atoms with Crippen molar-refractivity contribution < 1.29 is 0 Å². The van der Waals surface area contributed by atoms with Crippen molar-refractivity contribution in [2.24, 2.45) is 0 Å². The molecule has 0 unspecified atom stereocenters. The van der Waals surface area contributed by atoms with Crippen molar-refractivity contribution >= 4 is 66.1 Å². The van der Waals surface area contributed by atoms with Crippen molar-refractivity contribution in [1.82, 2.24) is 4.57 Å². The standard InChI is InChI=1S/C32H29N/c1-5-11-29-23(8-4)28-18-26-24-14-9-12-20-16-17-21-13-10-15-25(32(21)31(20)24)27(26)19-30(28)33(29)22(6-2)7-3/h5,8-19,22H,4,6-7H2,1-3H3/b11-5-. The fourth-order valence-electron chi connectivity index (χ4n) is 6.04. The lowest BCUT2D eigenvalue weighted by Gasteiger charge is -2.20. The average molecular weight is 428 g/mol. The molecule has 33 heavy (non-hydrogen) atoms. The number of allylic oxidation sites excluding steroid dienone is 1. The number of nitrogens with zero attached hydrogens (tertiary/aromatic N) is 1. The zero-order valence-electron chi connectivity index (χ0n) is 19.7. The van der Waals surface area contributed by atoms with Gasteiger partial charge in [0.05, 0.1) is 5.52 Å². The SMILES string of the molecule is C=Cc1c(/C=C\C)n(C(CC)CC)c2cc3c(cc12)c1cccc2ccc4cccc3c4c21. The van der Waals surface area contributed by atoms with E-state index < -0.39 is 0 Å². The maximum atomic E-state index is 4.22. The quantitative estimate of drug-likeness (QED) is 0.191. The molecular weight excluding hydrogens is 398 g/mol. The highest BCUT2D eigenvalue weighted by atomic mass is 15.0. The van der Waals surface area contributed by atoms with E-state index >= 15 is 0 Å². The Hall–Kier alpha value is -3.58. The van der Waals surface area contributed by atoms with E-state index in [4.69, 9.17) is 0 Å². The first-order chi connectivity index (χ1) is 16.2. The van der Waals surface area contributed by atoms with Crippen LogP contribution in [0.4, 0.5) is 0 Å². The summed E-state index contributed by atoms with van der Waals surface area (Å²) in [6.45, 7) is 10.9. The van der Waals surface area contributed by atoms with E-state index in [0.29, 0.717) is 6.04 Å². The second-order valence-corrected chi connectivity index (χ2v) is 9.13. The van der Waals surface area contributed by atoms with Gasteiger partial charge in [0.2, 0.25) is 0 Å². The number of hydrogen-bond donors (Lipinski definition) is 0. The lowest BCUT2D eigenvalue weighted by molar-refractivity contribution is 0.483. The molecule has 6 rings (SSSR count). The summed E-state index contributed by atoms with van der Waals surface area (Å²) in [4.78, 5) is 0. The molecular formula is C32H29N. The average Bonchev–Trinajstić information content (AvgIpc) is 3.15. The molecule has 0 N–H and O–H groups in total. The van der Waals surface area contributed by atoms with Gasteiger partial charge in [0.15, 0.2) is 0 Å².